The largest absolute Gasteiger partial charge is 0.256 e. The minimum atomic E-state index is -0.00141. The second-order valence-corrected chi connectivity index (χ2v) is 16.8. The summed E-state index contributed by atoms with van der Waals surface area (Å²) in [6.07, 6.45) is 1.89. The first-order valence-corrected chi connectivity index (χ1v) is 20.3. The maximum absolute atomic E-state index is 4.82. The van der Waals surface area contributed by atoms with E-state index in [9.17, 15) is 0 Å². The summed E-state index contributed by atoms with van der Waals surface area (Å²) in [7, 11) is 0. The Kier molecular flexibility index (Phi) is 7.81. The molecule has 0 N–H and O–H groups in total. The van der Waals surface area contributed by atoms with E-state index in [-0.39, 0.29) is 5.41 Å². The molecule has 0 unspecified atom stereocenters. The van der Waals surface area contributed by atoms with Crippen molar-refractivity contribution in [1.82, 2.24) is 4.98 Å². The molecular formula is C57H41N. The van der Waals surface area contributed by atoms with Gasteiger partial charge in [0.25, 0.3) is 0 Å². The SMILES string of the molecule is CC(C)(C)c1ccc2c(-c3ccc4ccccc4c3)c3cc(-c4ccc(-c5cc6ccccc6c6ncccc56)cc4)ccc3c(-c3ccc4ccccc4c3)c2c1. The Bertz CT molecular complexity index is 3420. The zero-order chi connectivity index (χ0) is 39.0. The van der Waals surface area contributed by atoms with Crippen LogP contribution in [0.15, 0.2) is 194 Å². The third kappa shape index (κ3) is 5.65. The highest BCUT2D eigenvalue weighted by molar-refractivity contribution is 6.23. The number of benzene rings is 10. The van der Waals surface area contributed by atoms with E-state index in [1.165, 1.54) is 109 Å². The Balaban J connectivity index is 1.16. The summed E-state index contributed by atoms with van der Waals surface area (Å²) in [5.74, 6) is 0. The van der Waals surface area contributed by atoms with Crippen LogP contribution in [-0.4, -0.2) is 4.98 Å². The molecule has 10 aromatic carbocycles. The van der Waals surface area contributed by atoms with E-state index in [1.807, 2.05) is 12.3 Å². The molecule has 0 aliphatic carbocycles. The van der Waals surface area contributed by atoms with E-state index in [4.69, 9.17) is 4.98 Å². The predicted octanol–water partition coefficient (Wildman–Crippen LogP) is 16.0. The van der Waals surface area contributed by atoms with E-state index in [1.54, 1.807) is 0 Å². The fourth-order valence-electron chi connectivity index (χ4n) is 9.18. The minimum absolute atomic E-state index is 0.00141. The number of hydrogen-bond donors (Lipinski definition) is 0. The van der Waals surface area contributed by atoms with Crippen molar-refractivity contribution in [3.05, 3.63) is 200 Å². The molecule has 0 saturated carbocycles. The first-order valence-electron chi connectivity index (χ1n) is 20.3. The van der Waals surface area contributed by atoms with Gasteiger partial charge in [-0.1, -0.05) is 172 Å². The van der Waals surface area contributed by atoms with Gasteiger partial charge >= 0.3 is 0 Å². The fraction of sp³-hybridized carbons (Fsp3) is 0.0702. The lowest BCUT2D eigenvalue weighted by molar-refractivity contribution is 0.591. The molecule has 0 bridgehead atoms. The van der Waals surface area contributed by atoms with Crippen LogP contribution in [0.2, 0.25) is 0 Å². The van der Waals surface area contributed by atoms with Crippen LogP contribution >= 0.6 is 0 Å². The van der Waals surface area contributed by atoms with Crippen LogP contribution < -0.4 is 0 Å². The van der Waals surface area contributed by atoms with Crippen molar-refractivity contribution in [3.8, 4) is 44.5 Å². The first-order chi connectivity index (χ1) is 28.4. The Morgan fingerprint density at radius 3 is 1.50 bits per heavy atom. The van der Waals surface area contributed by atoms with Crippen molar-refractivity contribution in [2.75, 3.05) is 0 Å². The number of aromatic nitrogens is 1. The molecule has 0 aliphatic rings. The van der Waals surface area contributed by atoms with Crippen LogP contribution in [-0.2, 0) is 5.41 Å². The topological polar surface area (TPSA) is 12.9 Å². The molecule has 1 nitrogen and oxygen atoms in total. The van der Waals surface area contributed by atoms with Gasteiger partial charge < -0.3 is 0 Å². The van der Waals surface area contributed by atoms with Crippen LogP contribution in [0.3, 0.4) is 0 Å². The Labute approximate surface area is 338 Å². The molecule has 0 saturated heterocycles. The van der Waals surface area contributed by atoms with E-state index in [0.717, 1.165) is 5.52 Å². The third-order valence-corrected chi connectivity index (χ3v) is 12.2. The van der Waals surface area contributed by atoms with E-state index in [0.29, 0.717) is 0 Å². The summed E-state index contributed by atoms with van der Waals surface area (Å²) in [4.78, 5) is 4.82. The highest BCUT2D eigenvalue weighted by atomic mass is 14.6. The van der Waals surface area contributed by atoms with E-state index >= 15 is 0 Å². The zero-order valence-electron chi connectivity index (χ0n) is 32.9. The molecular weight excluding hydrogens is 699 g/mol. The second kappa shape index (κ2) is 13.3. The third-order valence-electron chi connectivity index (χ3n) is 12.2. The zero-order valence-corrected chi connectivity index (χ0v) is 32.9. The van der Waals surface area contributed by atoms with Crippen molar-refractivity contribution >= 4 is 64.8 Å². The van der Waals surface area contributed by atoms with Crippen LogP contribution in [0.1, 0.15) is 26.3 Å². The molecule has 1 heteroatoms. The minimum Gasteiger partial charge on any atom is -0.256 e. The summed E-state index contributed by atoms with van der Waals surface area (Å²) in [6, 6.07) is 69.8. The van der Waals surface area contributed by atoms with Gasteiger partial charge in [-0.15, -0.1) is 0 Å². The van der Waals surface area contributed by atoms with E-state index in [2.05, 4.69) is 203 Å². The average molecular weight is 740 g/mol. The van der Waals surface area contributed by atoms with Crippen molar-refractivity contribution in [2.24, 2.45) is 0 Å². The molecule has 11 rings (SSSR count). The highest BCUT2D eigenvalue weighted by Gasteiger charge is 2.22. The molecule has 0 aliphatic heterocycles. The van der Waals surface area contributed by atoms with Gasteiger partial charge in [-0.3, -0.25) is 4.98 Å². The maximum Gasteiger partial charge on any atom is 0.0786 e. The molecule has 1 aromatic heterocycles. The smallest absolute Gasteiger partial charge is 0.0786 e. The van der Waals surface area contributed by atoms with Crippen molar-refractivity contribution in [1.29, 1.82) is 0 Å². The summed E-state index contributed by atoms with van der Waals surface area (Å²) in [5, 5.41) is 13.6. The molecule has 0 radical (unpaired) electrons. The Morgan fingerprint density at radius 2 is 0.845 bits per heavy atom. The molecule has 0 atom stereocenters. The lowest BCUT2D eigenvalue weighted by Crippen LogP contribution is -2.10. The van der Waals surface area contributed by atoms with Gasteiger partial charge in [-0.2, -0.15) is 0 Å². The molecule has 0 fully saturated rings. The van der Waals surface area contributed by atoms with Gasteiger partial charge in [0.1, 0.15) is 0 Å². The van der Waals surface area contributed by atoms with E-state index < -0.39 is 0 Å². The maximum atomic E-state index is 4.82. The predicted molar refractivity (Wildman–Crippen MR) is 250 cm³/mol. The summed E-state index contributed by atoms with van der Waals surface area (Å²) in [5.41, 5.74) is 12.2. The number of nitrogens with zero attached hydrogens (tertiary/aromatic N) is 1. The van der Waals surface area contributed by atoms with Crippen molar-refractivity contribution in [3.63, 3.8) is 0 Å². The molecule has 1 heterocycles. The fourth-order valence-corrected chi connectivity index (χ4v) is 9.18. The molecule has 0 amide bonds. The average Bonchev–Trinajstić information content (AvgIpc) is 3.27. The normalized spacial score (nSPS) is 12.1. The summed E-state index contributed by atoms with van der Waals surface area (Å²) in [6.45, 7) is 6.93. The number of fused-ring (bicyclic) bond motifs is 7. The summed E-state index contributed by atoms with van der Waals surface area (Å²) >= 11 is 0. The Morgan fingerprint density at radius 1 is 0.328 bits per heavy atom. The monoisotopic (exact) mass is 739 g/mol. The molecule has 274 valence electrons. The van der Waals surface area contributed by atoms with Gasteiger partial charge in [0.05, 0.1) is 5.52 Å². The molecule has 0 spiro atoms. The first kappa shape index (κ1) is 34.2. The van der Waals surface area contributed by atoms with Crippen LogP contribution in [0, 0.1) is 0 Å². The van der Waals surface area contributed by atoms with Gasteiger partial charge in [-0.25, -0.2) is 0 Å². The lowest BCUT2D eigenvalue weighted by Gasteiger charge is -2.23. The van der Waals surface area contributed by atoms with Gasteiger partial charge in [-0.05, 0) is 140 Å². The van der Waals surface area contributed by atoms with Gasteiger partial charge in [0.15, 0.2) is 0 Å². The van der Waals surface area contributed by atoms with Gasteiger partial charge in [0.2, 0.25) is 0 Å². The van der Waals surface area contributed by atoms with Crippen LogP contribution in [0.25, 0.3) is 109 Å². The Hall–Kier alpha value is -7.09. The van der Waals surface area contributed by atoms with Gasteiger partial charge in [0, 0.05) is 17.0 Å². The van der Waals surface area contributed by atoms with Crippen molar-refractivity contribution < 1.29 is 0 Å². The lowest BCUT2D eigenvalue weighted by atomic mass is 9.80. The highest BCUT2D eigenvalue weighted by Crippen LogP contribution is 2.47. The standard InChI is InChI=1S/C57H41N/c1-57(2,3)46-27-29-49-53(35-46)55(45-25-21-37-12-5-7-14-41(37)32-45)48-28-26-42(33-52(48)54(49)44-24-20-36-11-4-6-13-40(36)31-44)38-18-22-39(23-19-38)51-34-43-15-8-9-16-47(43)56-50(51)17-10-30-58-56/h4-35H,1-3H3. The van der Waals surface area contributed by atoms with Crippen LogP contribution in [0.5, 0.6) is 0 Å². The second-order valence-electron chi connectivity index (χ2n) is 16.8. The molecule has 11 aromatic rings. The summed E-state index contributed by atoms with van der Waals surface area (Å²) < 4.78 is 0. The quantitative estimate of drug-likeness (QED) is 0.129. The number of rotatable bonds is 4. The van der Waals surface area contributed by atoms with Crippen molar-refractivity contribution in [2.45, 2.75) is 26.2 Å². The number of hydrogen-bond acceptors (Lipinski definition) is 1. The van der Waals surface area contributed by atoms with Crippen LogP contribution in [0.4, 0.5) is 0 Å². The number of pyridine rings is 1. The molecule has 58 heavy (non-hydrogen) atoms.